The van der Waals surface area contributed by atoms with E-state index >= 15 is 0 Å². The molecular weight excluding hydrogens is 214 g/mol. The molecule has 0 saturated heterocycles. The zero-order valence-electron chi connectivity index (χ0n) is 10.8. The maximum Gasteiger partial charge on any atom is 0.164 e. The quantitative estimate of drug-likeness (QED) is 0.826. The maximum absolute atomic E-state index is 9.66. The standard InChI is InChI=1S/C14H21NO2/c1-14(2,3)15-8-10-7-11-5-4-6-12(16)13(11)17-9-10/h4-6,10,15-16H,7-9H2,1-3H3. The second kappa shape index (κ2) is 4.57. The number of rotatable bonds is 2. The molecule has 1 atom stereocenters. The summed E-state index contributed by atoms with van der Waals surface area (Å²) in [6, 6.07) is 5.57. The lowest BCUT2D eigenvalue weighted by molar-refractivity contribution is 0.201. The molecule has 1 aromatic rings. The lowest BCUT2D eigenvalue weighted by atomic mass is 9.95. The van der Waals surface area contributed by atoms with Crippen molar-refractivity contribution in [3.05, 3.63) is 23.8 Å². The van der Waals surface area contributed by atoms with Crippen LogP contribution in [0, 0.1) is 5.92 Å². The highest BCUT2D eigenvalue weighted by Crippen LogP contribution is 2.35. The van der Waals surface area contributed by atoms with Gasteiger partial charge in [0.25, 0.3) is 0 Å². The highest BCUT2D eigenvalue weighted by atomic mass is 16.5. The molecule has 2 rings (SSSR count). The first-order valence-electron chi connectivity index (χ1n) is 6.14. The highest BCUT2D eigenvalue weighted by molar-refractivity contribution is 5.46. The van der Waals surface area contributed by atoms with Crippen LogP contribution in [-0.2, 0) is 6.42 Å². The summed E-state index contributed by atoms with van der Waals surface area (Å²) in [4.78, 5) is 0. The van der Waals surface area contributed by atoms with Gasteiger partial charge in [0.05, 0.1) is 6.61 Å². The molecule has 0 radical (unpaired) electrons. The van der Waals surface area contributed by atoms with Gasteiger partial charge in [0, 0.05) is 18.0 Å². The molecule has 0 bridgehead atoms. The molecule has 0 saturated carbocycles. The van der Waals surface area contributed by atoms with Crippen LogP contribution >= 0.6 is 0 Å². The third-order valence-corrected chi connectivity index (χ3v) is 2.97. The minimum atomic E-state index is 0.138. The third-order valence-electron chi connectivity index (χ3n) is 2.97. The Kier molecular flexibility index (Phi) is 3.29. The van der Waals surface area contributed by atoms with Crippen molar-refractivity contribution in [2.24, 2.45) is 5.92 Å². The van der Waals surface area contributed by atoms with E-state index in [9.17, 15) is 5.11 Å². The van der Waals surface area contributed by atoms with Gasteiger partial charge >= 0.3 is 0 Å². The van der Waals surface area contributed by atoms with Crippen molar-refractivity contribution in [1.82, 2.24) is 5.32 Å². The lowest BCUT2D eigenvalue weighted by Crippen LogP contribution is -2.41. The van der Waals surface area contributed by atoms with E-state index in [0.29, 0.717) is 18.3 Å². The molecule has 0 fully saturated rings. The van der Waals surface area contributed by atoms with Gasteiger partial charge in [0.15, 0.2) is 11.5 Å². The number of phenols is 1. The second-order valence-corrected chi connectivity index (χ2v) is 5.78. The molecule has 3 nitrogen and oxygen atoms in total. The summed E-state index contributed by atoms with van der Waals surface area (Å²) >= 11 is 0. The normalized spacial score (nSPS) is 19.6. The number of aromatic hydroxyl groups is 1. The molecule has 94 valence electrons. The Hall–Kier alpha value is -1.22. The Labute approximate surface area is 103 Å². The van der Waals surface area contributed by atoms with E-state index in [4.69, 9.17) is 4.74 Å². The van der Waals surface area contributed by atoms with E-state index < -0.39 is 0 Å². The number of phenolic OH excluding ortho intramolecular Hbond substituents is 1. The third kappa shape index (κ3) is 3.13. The van der Waals surface area contributed by atoms with Gasteiger partial charge in [0.2, 0.25) is 0 Å². The van der Waals surface area contributed by atoms with Gasteiger partial charge < -0.3 is 15.2 Å². The van der Waals surface area contributed by atoms with Gasteiger partial charge in [-0.2, -0.15) is 0 Å². The monoisotopic (exact) mass is 235 g/mol. The van der Waals surface area contributed by atoms with E-state index in [0.717, 1.165) is 18.5 Å². The van der Waals surface area contributed by atoms with Crippen molar-refractivity contribution < 1.29 is 9.84 Å². The topological polar surface area (TPSA) is 41.5 Å². The smallest absolute Gasteiger partial charge is 0.164 e. The number of hydrogen-bond acceptors (Lipinski definition) is 3. The average Bonchev–Trinajstić information content (AvgIpc) is 2.26. The Morgan fingerprint density at radius 3 is 2.88 bits per heavy atom. The number of ether oxygens (including phenoxy) is 1. The van der Waals surface area contributed by atoms with Gasteiger partial charge in [-0.1, -0.05) is 12.1 Å². The largest absolute Gasteiger partial charge is 0.504 e. The average molecular weight is 235 g/mol. The molecule has 1 aliphatic heterocycles. The van der Waals surface area contributed by atoms with Gasteiger partial charge in [-0.05, 0) is 38.8 Å². The van der Waals surface area contributed by atoms with Gasteiger partial charge in [-0.15, -0.1) is 0 Å². The van der Waals surface area contributed by atoms with Crippen LogP contribution < -0.4 is 10.1 Å². The fourth-order valence-electron chi connectivity index (χ4n) is 2.05. The minimum Gasteiger partial charge on any atom is -0.504 e. The van der Waals surface area contributed by atoms with Crippen LogP contribution in [0.25, 0.3) is 0 Å². The van der Waals surface area contributed by atoms with Crippen LogP contribution in [0.1, 0.15) is 26.3 Å². The van der Waals surface area contributed by atoms with E-state index in [1.165, 1.54) is 0 Å². The Bertz CT molecular complexity index is 396. The zero-order valence-corrected chi connectivity index (χ0v) is 10.8. The minimum absolute atomic E-state index is 0.138. The summed E-state index contributed by atoms with van der Waals surface area (Å²) in [5.41, 5.74) is 1.25. The number of benzene rings is 1. The summed E-state index contributed by atoms with van der Waals surface area (Å²) < 4.78 is 5.64. The summed E-state index contributed by atoms with van der Waals surface area (Å²) in [5, 5.41) is 13.2. The molecule has 0 amide bonds. The van der Waals surface area contributed by atoms with Crippen molar-refractivity contribution in [3.8, 4) is 11.5 Å². The maximum atomic E-state index is 9.66. The Morgan fingerprint density at radius 2 is 2.18 bits per heavy atom. The summed E-state index contributed by atoms with van der Waals surface area (Å²) in [6.07, 6.45) is 0.965. The Morgan fingerprint density at radius 1 is 1.41 bits per heavy atom. The molecule has 17 heavy (non-hydrogen) atoms. The van der Waals surface area contributed by atoms with Gasteiger partial charge in [0.1, 0.15) is 0 Å². The predicted molar refractivity (Wildman–Crippen MR) is 68.6 cm³/mol. The summed E-state index contributed by atoms with van der Waals surface area (Å²) in [5.74, 6) is 1.40. The van der Waals surface area contributed by atoms with E-state index in [1.54, 1.807) is 6.07 Å². The first-order valence-corrected chi connectivity index (χ1v) is 6.14. The Balaban J connectivity index is 1.99. The fourth-order valence-corrected chi connectivity index (χ4v) is 2.05. The van der Waals surface area contributed by atoms with Crippen molar-refractivity contribution in [2.75, 3.05) is 13.2 Å². The zero-order chi connectivity index (χ0) is 12.5. The van der Waals surface area contributed by atoms with Crippen LogP contribution in [0.15, 0.2) is 18.2 Å². The van der Waals surface area contributed by atoms with Crippen molar-refractivity contribution in [2.45, 2.75) is 32.7 Å². The van der Waals surface area contributed by atoms with E-state index in [1.807, 2.05) is 12.1 Å². The highest BCUT2D eigenvalue weighted by Gasteiger charge is 2.23. The van der Waals surface area contributed by atoms with Gasteiger partial charge in [-0.25, -0.2) is 0 Å². The first-order chi connectivity index (χ1) is 7.96. The molecule has 1 unspecified atom stereocenters. The lowest BCUT2D eigenvalue weighted by Gasteiger charge is -2.29. The molecular formula is C14H21NO2. The number of para-hydroxylation sites is 1. The van der Waals surface area contributed by atoms with Crippen LogP contribution in [0.2, 0.25) is 0 Å². The molecule has 1 heterocycles. The van der Waals surface area contributed by atoms with Gasteiger partial charge in [-0.3, -0.25) is 0 Å². The first kappa shape index (κ1) is 12.2. The molecule has 0 aromatic heterocycles. The number of fused-ring (bicyclic) bond motifs is 1. The molecule has 1 aromatic carbocycles. The van der Waals surface area contributed by atoms with Crippen LogP contribution in [0.3, 0.4) is 0 Å². The van der Waals surface area contributed by atoms with E-state index in [-0.39, 0.29) is 11.3 Å². The van der Waals surface area contributed by atoms with Crippen molar-refractivity contribution in [1.29, 1.82) is 0 Å². The second-order valence-electron chi connectivity index (χ2n) is 5.78. The number of hydrogen-bond donors (Lipinski definition) is 2. The predicted octanol–water partition coefficient (Wildman–Crippen LogP) is 2.33. The van der Waals surface area contributed by atoms with Crippen LogP contribution in [0.4, 0.5) is 0 Å². The van der Waals surface area contributed by atoms with Crippen molar-refractivity contribution in [3.63, 3.8) is 0 Å². The molecule has 3 heteroatoms. The molecule has 2 N–H and O–H groups in total. The summed E-state index contributed by atoms with van der Waals surface area (Å²) in [7, 11) is 0. The van der Waals surface area contributed by atoms with Crippen molar-refractivity contribution >= 4 is 0 Å². The SMILES string of the molecule is CC(C)(C)NCC1COc2c(O)cccc2C1. The summed E-state index contributed by atoms with van der Waals surface area (Å²) in [6.45, 7) is 8.11. The molecule has 0 aliphatic carbocycles. The fraction of sp³-hybridized carbons (Fsp3) is 0.571. The number of nitrogens with one attached hydrogen (secondary N) is 1. The van der Waals surface area contributed by atoms with Crippen LogP contribution in [-0.4, -0.2) is 23.8 Å². The molecule has 0 spiro atoms. The van der Waals surface area contributed by atoms with Crippen LogP contribution in [0.5, 0.6) is 11.5 Å². The van der Waals surface area contributed by atoms with E-state index in [2.05, 4.69) is 26.1 Å². The molecule has 1 aliphatic rings.